The van der Waals surface area contributed by atoms with Crippen LogP contribution in [-0.2, 0) is 16.6 Å². The molecule has 1 heterocycles. The third-order valence-corrected chi connectivity index (χ3v) is 6.96. The second kappa shape index (κ2) is 9.14. The van der Waals surface area contributed by atoms with Crippen LogP contribution in [0.5, 0.6) is 0 Å². The molecule has 0 saturated carbocycles. The Balaban J connectivity index is 1.84. The summed E-state index contributed by atoms with van der Waals surface area (Å²) < 4.78 is 71.5. The van der Waals surface area contributed by atoms with E-state index in [-0.39, 0.29) is 28.0 Å². The van der Waals surface area contributed by atoms with Gasteiger partial charge in [0.1, 0.15) is 6.04 Å². The molecular weight excluding hydrogens is 487 g/mol. The Morgan fingerprint density at radius 2 is 1.71 bits per heavy atom. The molecule has 0 amide bonds. The zero-order valence-electron chi connectivity index (χ0n) is 17.4. The molecule has 0 aliphatic carbocycles. The number of nitrogens with zero attached hydrogens (tertiary/aromatic N) is 2. The minimum atomic E-state index is -4.92. The molecular formula is C24H17ClF3N3O2S. The van der Waals surface area contributed by atoms with Crippen LogP contribution in [0.25, 0.3) is 10.9 Å². The minimum absolute atomic E-state index is 0.186. The summed E-state index contributed by atoms with van der Waals surface area (Å²) in [5, 5.41) is 9.99. The van der Waals surface area contributed by atoms with Crippen LogP contribution in [0, 0.1) is 11.3 Å². The van der Waals surface area contributed by atoms with Gasteiger partial charge in [0, 0.05) is 34.2 Å². The van der Waals surface area contributed by atoms with E-state index in [0.717, 1.165) is 5.56 Å². The van der Waals surface area contributed by atoms with Gasteiger partial charge in [-0.2, -0.15) is 23.2 Å². The number of rotatable bonds is 6. The van der Waals surface area contributed by atoms with Gasteiger partial charge in [-0.3, -0.25) is 0 Å². The fraction of sp³-hybridized carbons (Fsp3) is 0.125. The maximum Gasteiger partial charge on any atom is 0.408 e. The lowest BCUT2D eigenvalue weighted by atomic mass is 10.0. The molecule has 5 nitrogen and oxygen atoms in total. The van der Waals surface area contributed by atoms with Crippen molar-refractivity contribution >= 4 is 32.5 Å². The third kappa shape index (κ3) is 4.94. The number of alkyl halides is 3. The van der Waals surface area contributed by atoms with Crippen LogP contribution in [0.1, 0.15) is 22.7 Å². The number of benzene rings is 3. The molecule has 4 rings (SSSR count). The van der Waals surface area contributed by atoms with Crippen LogP contribution in [0.2, 0.25) is 5.02 Å². The van der Waals surface area contributed by atoms with Gasteiger partial charge in [-0.25, -0.2) is 8.42 Å². The average Bonchev–Trinajstić information content (AvgIpc) is 3.16. The first-order chi connectivity index (χ1) is 16.1. The lowest BCUT2D eigenvalue weighted by Crippen LogP contribution is -2.38. The maximum atomic E-state index is 14.2. The number of nitriles is 1. The molecule has 0 bridgehead atoms. The molecule has 1 atom stereocenters. The molecule has 34 heavy (non-hydrogen) atoms. The van der Waals surface area contributed by atoms with E-state index in [9.17, 15) is 26.9 Å². The van der Waals surface area contributed by atoms with Gasteiger partial charge in [-0.1, -0.05) is 48.0 Å². The van der Waals surface area contributed by atoms with Crippen LogP contribution in [0.15, 0.2) is 83.9 Å². The van der Waals surface area contributed by atoms with Gasteiger partial charge in [0.25, 0.3) is 0 Å². The third-order valence-electron chi connectivity index (χ3n) is 5.27. The van der Waals surface area contributed by atoms with Crippen LogP contribution in [-0.4, -0.2) is 19.2 Å². The van der Waals surface area contributed by atoms with Crippen molar-refractivity contribution in [3.63, 3.8) is 0 Å². The van der Waals surface area contributed by atoms with Crippen molar-refractivity contribution in [2.45, 2.75) is 23.7 Å². The second-order valence-electron chi connectivity index (χ2n) is 7.59. The highest BCUT2D eigenvalue weighted by Gasteiger charge is 2.45. The molecule has 1 unspecified atom stereocenters. The summed E-state index contributed by atoms with van der Waals surface area (Å²) >= 11 is 5.92. The monoisotopic (exact) mass is 503 g/mol. The van der Waals surface area contributed by atoms with E-state index in [4.69, 9.17) is 11.6 Å². The van der Waals surface area contributed by atoms with Crippen molar-refractivity contribution in [3.05, 3.63) is 101 Å². The molecule has 0 radical (unpaired) electrons. The van der Waals surface area contributed by atoms with E-state index in [0.29, 0.717) is 10.5 Å². The minimum Gasteiger partial charge on any atom is -0.343 e. The Kier molecular flexibility index (Phi) is 6.41. The Labute approximate surface area is 199 Å². The van der Waals surface area contributed by atoms with E-state index in [2.05, 4.69) is 0 Å². The van der Waals surface area contributed by atoms with Crippen molar-refractivity contribution in [1.29, 1.82) is 5.26 Å². The number of nitrogens with one attached hydrogen (secondary N) is 1. The van der Waals surface area contributed by atoms with Crippen LogP contribution in [0.3, 0.4) is 0 Å². The quantitative estimate of drug-likeness (QED) is 0.361. The fourth-order valence-electron chi connectivity index (χ4n) is 3.67. The van der Waals surface area contributed by atoms with Crippen LogP contribution < -0.4 is 4.72 Å². The highest BCUT2D eigenvalue weighted by Crippen LogP contribution is 2.39. The summed E-state index contributed by atoms with van der Waals surface area (Å²) in [6.45, 7) is 0.193. The van der Waals surface area contributed by atoms with E-state index in [1.807, 2.05) is 10.8 Å². The van der Waals surface area contributed by atoms with Gasteiger partial charge < -0.3 is 4.57 Å². The maximum absolute atomic E-state index is 14.2. The van der Waals surface area contributed by atoms with Gasteiger partial charge >= 0.3 is 6.18 Å². The first-order valence-corrected chi connectivity index (χ1v) is 11.9. The van der Waals surface area contributed by atoms with Gasteiger partial charge in [-0.05, 0) is 42.0 Å². The zero-order valence-corrected chi connectivity index (χ0v) is 19.0. The van der Waals surface area contributed by atoms with E-state index >= 15 is 0 Å². The molecule has 0 fully saturated rings. The number of sulfonamides is 1. The molecule has 174 valence electrons. The Hall–Kier alpha value is -3.32. The topological polar surface area (TPSA) is 74.9 Å². The average molecular weight is 504 g/mol. The molecule has 0 aliphatic rings. The molecule has 3 aromatic carbocycles. The molecule has 0 aliphatic heterocycles. The summed E-state index contributed by atoms with van der Waals surface area (Å²) in [5.41, 5.74) is 1.14. The van der Waals surface area contributed by atoms with Crippen molar-refractivity contribution in [2.24, 2.45) is 0 Å². The normalized spacial score (nSPS) is 13.0. The number of halogens is 4. The van der Waals surface area contributed by atoms with Gasteiger partial charge in [0.05, 0.1) is 16.5 Å². The van der Waals surface area contributed by atoms with E-state index < -0.39 is 22.2 Å². The summed E-state index contributed by atoms with van der Waals surface area (Å²) in [6, 6.07) is 17.4. The lowest BCUT2D eigenvalue weighted by molar-refractivity contribution is -0.152. The molecule has 0 saturated heterocycles. The van der Waals surface area contributed by atoms with Crippen molar-refractivity contribution in [1.82, 2.24) is 9.29 Å². The first-order valence-electron chi connectivity index (χ1n) is 10.00. The highest BCUT2D eigenvalue weighted by molar-refractivity contribution is 7.89. The zero-order chi connectivity index (χ0) is 24.5. The number of hydrogen-bond donors (Lipinski definition) is 1. The number of aromatic nitrogens is 1. The Morgan fingerprint density at radius 3 is 2.32 bits per heavy atom. The molecule has 1 N–H and O–H groups in total. The Morgan fingerprint density at radius 1 is 1.03 bits per heavy atom. The summed E-state index contributed by atoms with van der Waals surface area (Å²) in [5.74, 6) is 0. The largest absolute Gasteiger partial charge is 0.408 e. The lowest BCUT2D eigenvalue weighted by Gasteiger charge is -2.21. The fourth-order valence-corrected chi connectivity index (χ4v) is 5.02. The predicted octanol–water partition coefficient (Wildman–Crippen LogP) is 5.80. The number of fused-ring (bicyclic) bond motifs is 1. The van der Waals surface area contributed by atoms with Gasteiger partial charge in [-0.15, -0.1) is 0 Å². The van der Waals surface area contributed by atoms with Crippen molar-refractivity contribution in [3.8, 4) is 6.07 Å². The van der Waals surface area contributed by atoms with Crippen molar-refractivity contribution < 1.29 is 21.6 Å². The first kappa shape index (κ1) is 23.8. The van der Waals surface area contributed by atoms with Gasteiger partial charge in [0.2, 0.25) is 10.0 Å². The van der Waals surface area contributed by atoms with Crippen LogP contribution in [0.4, 0.5) is 13.2 Å². The summed E-state index contributed by atoms with van der Waals surface area (Å²) in [6.07, 6.45) is -3.65. The molecule has 1 aromatic heterocycles. The summed E-state index contributed by atoms with van der Waals surface area (Å²) in [4.78, 5) is -0.277. The van der Waals surface area contributed by atoms with Crippen molar-refractivity contribution in [2.75, 3.05) is 0 Å². The second-order valence-corrected chi connectivity index (χ2v) is 9.74. The Bertz CT molecular complexity index is 1480. The molecule has 4 aromatic rings. The summed E-state index contributed by atoms with van der Waals surface area (Å²) in [7, 11) is -4.47. The van der Waals surface area contributed by atoms with E-state index in [1.165, 1.54) is 48.7 Å². The molecule has 10 heteroatoms. The SMILES string of the molecule is N#Cc1ccc2c(C(NS(=O)(=O)c3ccccc3)C(F)(F)F)cn(Cc3ccc(Cl)cc3)c2c1. The van der Waals surface area contributed by atoms with E-state index in [1.54, 1.807) is 34.9 Å². The highest BCUT2D eigenvalue weighted by atomic mass is 35.5. The van der Waals surface area contributed by atoms with Crippen LogP contribution >= 0.6 is 11.6 Å². The smallest absolute Gasteiger partial charge is 0.343 e. The standard InChI is InChI=1S/C24H17ClF3N3O2S/c25-18-9-6-16(7-10-18)14-31-15-21(20-11-8-17(13-29)12-22(20)31)23(24(26,27)28)30-34(32,33)19-4-2-1-3-5-19/h1-12,15,23,30H,14H2. The van der Waals surface area contributed by atoms with Gasteiger partial charge in [0.15, 0.2) is 0 Å². The predicted molar refractivity (Wildman–Crippen MR) is 123 cm³/mol. The molecule has 0 spiro atoms. The number of hydrogen-bond acceptors (Lipinski definition) is 3.